The molecule has 0 heterocycles. The molecule has 1 aliphatic rings. The van der Waals surface area contributed by atoms with E-state index in [-0.39, 0.29) is 6.04 Å². The summed E-state index contributed by atoms with van der Waals surface area (Å²) >= 11 is 0. The molecule has 0 aromatic rings. The highest BCUT2D eigenvalue weighted by atomic mass is 15.1. The lowest BCUT2D eigenvalue weighted by molar-refractivity contribution is 0.420. The topological polar surface area (TPSA) is 27.1 Å². The summed E-state index contributed by atoms with van der Waals surface area (Å²) < 4.78 is 0. The Morgan fingerprint density at radius 3 is 2.70 bits per heavy atom. The van der Waals surface area contributed by atoms with Gasteiger partial charge in [-0.3, -0.25) is 0 Å². The molecule has 1 rings (SSSR count). The molecule has 20 heavy (non-hydrogen) atoms. The van der Waals surface area contributed by atoms with Gasteiger partial charge in [-0.15, -0.1) is 0 Å². The van der Waals surface area contributed by atoms with Gasteiger partial charge in [0.2, 0.25) is 0 Å². The Morgan fingerprint density at radius 1 is 1.40 bits per heavy atom. The van der Waals surface area contributed by atoms with E-state index in [4.69, 9.17) is 5.41 Å². The summed E-state index contributed by atoms with van der Waals surface area (Å²) in [6.07, 6.45) is 15.0. The fourth-order valence-electron chi connectivity index (χ4n) is 2.72. The number of allylic oxidation sites excluding steroid dienone is 5. The van der Waals surface area contributed by atoms with Crippen molar-refractivity contribution < 1.29 is 0 Å². The zero-order valence-electron chi connectivity index (χ0n) is 13.6. The van der Waals surface area contributed by atoms with Crippen molar-refractivity contribution in [1.82, 2.24) is 4.90 Å². The molecule has 0 radical (unpaired) electrons. The number of nitrogens with zero attached hydrogens (tertiary/aromatic N) is 1. The lowest BCUT2D eigenvalue weighted by Gasteiger charge is -2.25. The first-order valence-electron chi connectivity index (χ1n) is 7.73. The minimum atomic E-state index is 0.169. The van der Waals surface area contributed by atoms with Crippen LogP contribution in [-0.2, 0) is 0 Å². The largest absolute Gasteiger partial charge is 0.373 e. The first kappa shape index (κ1) is 16.7. The molecule has 0 bridgehead atoms. The van der Waals surface area contributed by atoms with Gasteiger partial charge in [-0.2, -0.15) is 0 Å². The zero-order chi connectivity index (χ0) is 15.1. The summed E-state index contributed by atoms with van der Waals surface area (Å²) in [6, 6.07) is 0.169. The van der Waals surface area contributed by atoms with E-state index in [0.717, 1.165) is 0 Å². The zero-order valence-corrected chi connectivity index (χ0v) is 13.6. The minimum absolute atomic E-state index is 0.169. The van der Waals surface area contributed by atoms with Gasteiger partial charge in [0, 0.05) is 13.3 Å². The average molecular weight is 274 g/mol. The molecule has 0 saturated carbocycles. The van der Waals surface area contributed by atoms with E-state index >= 15 is 0 Å². The van der Waals surface area contributed by atoms with Crippen LogP contribution in [0.25, 0.3) is 0 Å². The fraction of sp³-hybridized carbons (Fsp3) is 0.611. The Morgan fingerprint density at radius 2 is 2.10 bits per heavy atom. The van der Waals surface area contributed by atoms with Crippen LogP contribution in [0.5, 0.6) is 0 Å². The third kappa shape index (κ3) is 4.99. The third-order valence-corrected chi connectivity index (χ3v) is 4.31. The highest BCUT2D eigenvalue weighted by Crippen LogP contribution is 2.30. The van der Waals surface area contributed by atoms with Crippen molar-refractivity contribution in [2.24, 2.45) is 17.8 Å². The van der Waals surface area contributed by atoms with Crippen molar-refractivity contribution in [1.29, 1.82) is 5.41 Å². The van der Waals surface area contributed by atoms with Gasteiger partial charge in [-0.25, -0.2) is 0 Å². The van der Waals surface area contributed by atoms with Crippen LogP contribution in [0.15, 0.2) is 36.1 Å². The van der Waals surface area contributed by atoms with Gasteiger partial charge in [0.15, 0.2) is 0 Å². The second-order valence-electron chi connectivity index (χ2n) is 6.26. The standard InChI is InChI=1S/C18H30N2/c1-14(10-11-20(5)17(4)13-19)12-16(3)18-9-7-6-8-15(18)2/h6-7,9-11,13-17,19H,8,12H2,1-5H3/b11-10-,19-13?/t14?,15-,16?,17?/m0/s1. The number of rotatable bonds is 7. The highest BCUT2D eigenvalue weighted by Gasteiger charge is 2.17. The maximum Gasteiger partial charge on any atom is 0.0600 e. The number of hydrogen-bond donors (Lipinski definition) is 1. The van der Waals surface area contributed by atoms with Crippen LogP contribution in [0.3, 0.4) is 0 Å². The Balaban J connectivity index is 2.51. The summed E-state index contributed by atoms with van der Waals surface area (Å²) in [5, 5.41) is 7.28. The van der Waals surface area contributed by atoms with Gasteiger partial charge in [0.1, 0.15) is 0 Å². The van der Waals surface area contributed by atoms with Crippen molar-refractivity contribution in [3.05, 3.63) is 36.1 Å². The summed E-state index contributed by atoms with van der Waals surface area (Å²) in [7, 11) is 2.03. The molecule has 0 aliphatic heterocycles. The van der Waals surface area contributed by atoms with Gasteiger partial charge >= 0.3 is 0 Å². The van der Waals surface area contributed by atoms with Crippen molar-refractivity contribution in [3.8, 4) is 0 Å². The molecular weight excluding hydrogens is 244 g/mol. The van der Waals surface area contributed by atoms with E-state index in [1.807, 2.05) is 14.0 Å². The number of hydrogen-bond acceptors (Lipinski definition) is 2. The van der Waals surface area contributed by atoms with Crippen molar-refractivity contribution in [3.63, 3.8) is 0 Å². The predicted molar refractivity (Wildman–Crippen MR) is 89.1 cm³/mol. The average Bonchev–Trinajstić information content (AvgIpc) is 2.44. The molecule has 0 aromatic carbocycles. The van der Waals surface area contributed by atoms with Gasteiger partial charge in [0.25, 0.3) is 0 Å². The van der Waals surface area contributed by atoms with E-state index in [1.54, 1.807) is 5.57 Å². The Bertz CT molecular complexity index is 392. The Labute approximate surface area is 124 Å². The lowest BCUT2D eigenvalue weighted by Crippen LogP contribution is -2.24. The van der Waals surface area contributed by atoms with Crippen molar-refractivity contribution in [2.75, 3.05) is 7.05 Å². The molecule has 2 nitrogen and oxygen atoms in total. The third-order valence-electron chi connectivity index (χ3n) is 4.31. The van der Waals surface area contributed by atoms with Crippen LogP contribution < -0.4 is 0 Å². The highest BCUT2D eigenvalue weighted by molar-refractivity contribution is 5.60. The maximum atomic E-state index is 7.28. The van der Waals surface area contributed by atoms with Crippen LogP contribution in [0.4, 0.5) is 0 Å². The Kier molecular flexibility index (Phi) is 6.77. The molecule has 4 atom stereocenters. The first-order valence-corrected chi connectivity index (χ1v) is 7.73. The summed E-state index contributed by atoms with van der Waals surface area (Å²) in [5.41, 5.74) is 1.59. The monoisotopic (exact) mass is 274 g/mol. The molecule has 2 heteroatoms. The molecule has 0 spiro atoms. The predicted octanol–water partition coefficient (Wildman–Crippen LogP) is 4.65. The van der Waals surface area contributed by atoms with E-state index in [2.05, 4.69) is 56.2 Å². The molecule has 0 aromatic heterocycles. The smallest absolute Gasteiger partial charge is 0.0600 e. The van der Waals surface area contributed by atoms with Crippen LogP contribution in [-0.4, -0.2) is 24.2 Å². The quantitative estimate of drug-likeness (QED) is 0.672. The molecule has 0 amide bonds. The molecule has 1 N–H and O–H groups in total. The second-order valence-corrected chi connectivity index (χ2v) is 6.26. The second kappa shape index (κ2) is 8.08. The molecule has 0 saturated heterocycles. The number of nitrogens with one attached hydrogen (secondary N) is 1. The SMILES string of the molecule is CC(/C=C\N(C)C(C)C=N)CC(C)C1=CC=CC[C@@H]1C. The summed E-state index contributed by atoms with van der Waals surface area (Å²) in [5.74, 6) is 1.89. The van der Waals surface area contributed by atoms with Crippen LogP contribution >= 0.6 is 0 Å². The maximum absolute atomic E-state index is 7.28. The molecule has 1 aliphatic carbocycles. The molecular formula is C18H30N2. The van der Waals surface area contributed by atoms with Crippen molar-refractivity contribution in [2.45, 2.75) is 46.6 Å². The van der Waals surface area contributed by atoms with Gasteiger partial charge in [-0.05, 0) is 43.7 Å². The van der Waals surface area contributed by atoms with Gasteiger partial charge < -0.3 is 10.3 Å². The first-order chi connectivity index (χ1) is 9.45. The summed E-state index contributed by atoms with van der Waals surface area (Å²) in [6.45, 7) is 8.98. The van der Waals surface area contributed by atoms with Crippen LogP contribution in [0.2, 0.25) is 0 Å². The van der Waals surface area contributed by atoms with Gasteiger partial charge in [-0.1, -0.05) is 50.6 Å². The van der Waals surface area contributed by atoms with E-state index in [0.29, 0.717) is 17.8 Å². The van der Waals surface area contributed by atoms with E-state index in [9.17, 15) is 0 Å². The minimum Gasteiger partial charge on any atom is -0.373 e. The van der Waals surface area contributed by atoms with E-state index in [1.165, 1.54) is 19.1 Å². The Hall–Kier alpha value is -1.31. The molecule has 0 fully saturated rings. The molecule has 112 valence electrons. The fourth-order valence-corrected chi connectivity index (χ4v) is 2.72. The van der Waals surface area contributed by atoms with Crippen LogP contribution in [0.1, 0.15) is 40.5 Å². The summed E-state index contributed by atoms with van der Waals surface area (Å²) in [4.78, 5) is 2.08. The van der Waals surface area contributed by atoms with E-state index < -0.39 is 0 Å². The lowest BCUT2D eigenvalue weighted by atomic mass is 9.81. The van der Waals surface area contributed by atoms with Crippen molar-refractivity contribution >= 4 is 6.21 Å². The van der Waals surface area contributed by atoms with Crippen LogP contribution in [0, 0.1) is 23.2 Å². The van der Waals surface area contributed by atoms with Gasteiger partial charge in [0.05, 0.1) is 6.04 Å². The molecule has 3 unspecified atom stereocenters. The normalized spacial score (nSPS) is 23.2.